The number of nitrogens with zero attached hydrogens (tertiary/aromatic N) is 2. The molecule has 2 aromatic rings. The minimum Gasteiger partial charge on any atom is -0.378 e. The number of ether oxygens (including phenoxy) is 1. The van der Waals surface area contributed by atoms with Gasteiger partial charge in [-0.05, 0) is 48.9 Å². The first kappa shape index (κ1) is 21.4. The highest BCUT2D eigenvalue weighted by Crippen LogP contribution is 2.33. The number of amides is 3. The quantitative estimate of drug-likeness (QED) is 0.707. The van der Waals surface area contributed by atoms with Crippen molar-refractivity contribution in [3.8, 4) is 0 Å². The zero-order chi connectivity index (χ0) is 22.1. The number of rotatable bonds is 4. The zero-order valence-electron chi connectivity index (χ0n) is 16.7. The van der Waals surface area contributed by atoms with Crippen molar-refractivity contribution in [2.45, 2.75) is 6.92 Å². The standard InChI is InChI=1S/C22H19Cl2N3O4/c1-13-2-5-15(23)12-17(13)27-21(29)18(24)19(22(27)30)25-16-6-3-14(4-7-16)20(28)26-8-10-31-11-9-26/h2-7,12,25H,8-11H2,1H3. The van der Waals surface area contributed by atoms with Crippen molar-refractivity contribution in [3.63, 3.8) is 0 Å². The van der Waals surface area contributed by atoms with E-state index in [0.717, 1.165) is 4.90 Å². The second kappa shape index (κ2) is 8.70. The fraction of sp³-hybridized carbons (Fsp3) is 0.227. The molecule has 31 heavy (non-hydrogen) atoms. The van der Waals surface area contributed by atoms with Crippen molar-refractivity contribution in [1.29, 1.82) is 0 Å². The van der Waals surface area contributed by atoms with E-state index < -0.39 is 11.8 Å². The maximum Gasteiger partial charge on any atom is 0.283 e. The Hall–Kier alpha value is -2.87. The number of benzene rings is 2. The van der Waals surface area contributed by atoms with Crippen LogP contribution in [-0.4, -0.2) is 48.9 Å². The smallest absolute Gasteiger partial charge is 0.283 e. The summed E-state index contributed by atoms with van der Waals surface area (Å²) in [6.07, 6.45) is 0. The van der Waals surface area contributed by atoms with Crippen molar-refractivity contribution in [3.05, 3.63) is 69.3 Å². The van der Waals surface area contributed by atoms with E-state index in [-0.39, 0.29) is 16.6 Å². The SMILES string of the molecule is Cc1ccc(Cl)cc1N1C(=O)C(Cl)=C(Nc2ccc(C(=O)N3CCOCC3)cc2)C1=O. The first-order valence-electron chi connectivity index (χ1n) is 9.65. The first-order chi connectivity index (χ1) is 14.9. The van der Waals surface area contributed by atoms with E-state index in [0.29, 0.717) is 53.8 Å². The predicted octanol–water partition coefficient (Wildman–Crippen LogP) is 3.56. The van der Waals surface area contributed by atoms with Gasteiger partial charge in [-0.15, -0.1) is 0 Å². The van der Waals surface area contributed by atoms with Gasteiger partial charge in [-0.25, -0.2) is 4.90 Å². The van der Waals surface area contributed by atoms with Crippen LogP contribution in [0.1, 0.15) is 15.9 Å². The third-order valence-electron chi connectivity index (χ3n) is 5.14. The van der Waals surface area contributed by atoms with E-state index in [9.17, 15) is 14.4 Å². The molecule has 160 valence electrons. The molecule has 4 rings (SSSR count). The Balaban J connectivity index is 1.52. The molecule has 0 radical (unpaired) electrons. The molecule has 0 atom stereocenters. The summed E-state index contributed by atoms with van der Waals surface area (Å²) in [5, 5.41) is 3.10. The maximum absolute atomic E-state index is 13.0. The average molecular weight is 460 g/mol. The molecule has 9 heteroatoms. The fourth-order valence-corrected chi connectivity index (χ4v) is 3.82. The second-order valence-corrected chi connectivity index (χ2v) is 7.99. The molecule has 2 aliphatic rings. The third kappa shape index (κ3) is 4.17. The highest BCUT2D eigenvalue weighted by Gasteiger charge is 2.39. The molecule has 3 amide bonds. The lowest BCUT2D eigenvalue weighted by atomic mass is 10.1. The van der Waals surface area contributed by atoms with Gasteiger partial charge in [-0.3, -0.25) is 14.4 Å². The third-order valence-corrected chi connectivity index (χ3v) is 5.72. The van der Waals surface area contributed by atoms with Gasteiger partial charge in [0.15, 0.2) is 0 Å². The van der Waals surface area contributed by atoms with Crippen molar-refractivity contribution in [1.82, 2.24) is 4.90 Å². The van der Waals surface area contributed by atoms with Crippen molar-refractivity contribution in [2.24, 2.45) is 0 Å². The number of anilines is 2. The lowest BCUT2D eigenvalue weighted by molar-refractivity contribution is -0.120. The van der Waals surface area contributed by atoms with Crippen molar-refractivity contribution >= 4 is 52.3 Å². The van der Waals surface area contributed by atoms with Gasteiger partial charge < -0.3 is 15.0 Å². The van der Waals surface area contributed by atoms with E-state index in [2.05, 4.69) is 5.32 Å². The number of carbonyl (C=O) groups is 3. The van der Waals surface area contributed by atoms with Crippen LogP contribution in [0.5, 0.6) is 0 Å². The fourth-order valence-electron chi connectivity index (χ4n) is 3.44. The van der Waals surface area contributed by atoms with Crippen LogP contribution in [0, 0.1) is 6.92 Å². The van der Waals surface area contributed by atoms with Crippen LogP contribution in [-0.2, 0) is 14.3 Å². The molecule has 7 nitrogen and oxygen atoms in total. The molecule has 2 aliphatic heterocycles. The first-order valence-corrected chi connectivity index (χ1v) is 10.4. The Bertz CT molecular complexity index is 1090. The molecule has 0 unspecified atom stereocenters. The summed E-state index contributed by atoms with van der Waals surface area (Å²) in [6, 6.07) is 11.6. The van der Waals surface area contributed by atoms with Crippen LogP contribution in [0.4, 0.5) is 11.4 Å². The molecule has 0 bridgehead atoms. The van der Waals surface area contributed by atoms with Gasteiger partial charge in [0.2, 0.25) is 0 Å². The number of morpholine rings is 1. The molecule has 0 aromatic heterocycles. The number of halogens is 2. The Labute approximate surface area is 189 Å². The highest BCUT2D eigenvalue weighted by atomic mass is 35.5. The van der Waals surface area contributed by atoms with Gasteiger partial charge in [-0.1, -0.05) is 29.3 Å². The number of hydrogen-bond donors (Lipinski definition) is 1. The largest absolute Gasteiger partial charge is 0.378 e. The predicted molar refractivity (Wildman–Crippen MR) is 118 cm³/mol. The van der Waals surface area contributed by atoms with Crippen LogP contribution in [0.15, 0.2) is 53.2 Å². The Morgan fingerprint density at radius 3 is 2.35 bits per heavy atom. The van der Waals surface area contributed by atoms with Gasteiger partial charge in [-0.2, -0.15) is 0 Å². The maximum atomic E-state index is 13.0. The highest BCUT2D eigenvalue weighted by molar-refractivity contribution is 6.53. The minimum absolute atomic E-state index is 0.0294. The summed E-state index contributed by atoms with van der Waals surface area (Å²) in [5.41, 5.74) is 2.11. The molecule has 0 aliphatic carbocycles. The molecule has 0 spiro atoms. The van der Waals surface area contributed by atoms with E-state index in [1.54, 1.807) is 54.3 Å². The Morgan fingerprint density at radius 2 is 1.68 bits per heavy atom. The van der Waals surface area contributed by atoms with E-state index in [4.69, 9.17) is 27.9 Å². The number of nitrogens with one attached hydrogen (secondary N) is 1. The molecular weight excluding hydrogens is 441 g/mol. The molecule has 2 heterocycles. The zero-order valence-corrected chi connectivity index (χ0v) is 18.2. The van der Waals surface area contributed by atoms with Gasteiger partial charge >= 0.3 is 0 Å². The Morgan fingerprint density at radius 1 is 1.00 bits per heavy atom. The molecule has 1 N–H and O–H groups in total. The van der Waals surface area contributed by atoms with E-state index in [1.165, 1.54) is 0 Å². The lowest BCUT2D eigenvalue weighted by Crippen LogP contribution is -2.40. The van der Waals surface area contributed by atoms with E-state index >= 15 is 0 Å². The summed E-state index contributed by atoms with van der Waals surface area (Å²) >= 11 is 12.2. The summed E-state index contributed by atoms with van der Waals surface area (Å²) in [7, 11) is 0. The summed E-state index contributed by atoms with van der Waals surface area (Å²) < 4.78 is 5.27. The topological polar surface area (TPSA) is 79.0 Å². The van der Waals surface area contributed by atoms with E-state index in [1.807, 2.05) is 0 Å². The van der Waals surface area contributed by atoms with Crippen LogP contribution in [0.3, 0.4) is 0 Å². The van der Waals surface area contributed by atoms with Crippen LogP contribution in [0.25, 0.3) is 0 Å². The van der Waals surface area contributed by atoms with Crippen molar-refractivity contribution < 1.29 is 19.1 Å². The number of imide groups is 1. The summed E-state index contributed by atoms with van der Waals surface area (Å²) in [5.74, 6) is -1.28. The monoisotopic (exact) mass is 459 g/mol. The summed E-state index contributed by atoms with van der Waals surface area (Å²) in [6.45, 7) is 3.93. The molecular formula is C22H19Cl2N3O4. The minimum atomic E-state index is -0.626. The van der Waals surface area contributed by atoms with Gasteiger partial charge in [0.25, 0.3) is 17.7 Å². The number of hydrogen-bond acceptors (Lipinski definition) is 5. The molecule has 2 aromatic carbocycles. The molecule has 1 saturated heterocycles. The van der Waals surface area contributed by atoms with Gasteiger partial charge in [0.1, 0.15) is 10.7 Å². The summed E-state index contributed by atoms with van der Waals surface area (Å²) in [4.78, 5) is 40.9. The average Bonchev–Trinajstić information content (AvgIpc) is 2.99. The normalized spacial score (nSPS) is 16.9. The van der Waals surface area contributed by atoms with Crippen LogP contribution >= 0.6 is 23.2 Å². The van der Waals surface area contributed by atoms with Crippen molar-refractivity contribution in [2.75, 3.05) is 36.5 Å². The number of aryl methyl sites for hydroxylation is 1. The molecule has 1 fully saturated rings. The van der Waals surface area contributed by atoms with Gasteiger partial charge in [0.05, 0.1) is 18.9 Å². The number of carbonyl (C=O) groups excluding carboxylic acids is 3. The van der Waals surface area contributed by atoms with Gasteiger partial charge in [0, 0.05) is 29.4 Å². The second-order valence-electron chi connectivity index (χ2n) is 7.17. The molecule has 0 saturated carbocycles. The lowest BCUT2D eigenvalue weighted by Gasteiger charge is -2.26. The van der Waals surface area contributed by atoms with Crippen LogP contribution in [0.2, 0.25) is 5.02 Å². The van der Waals surface area contributed by atoms with Crippen LogP contribution < -0.4 is 10.2 Å². The Kier molecular flexibility index (Phi) is 6.00.